The lowest BCUT2D eigenvalue weighted by molar-refractivity contribution is 0.0351. The number of nitrogens with one attached hydrogen (secondary N) is 1. The number of carbonyl (C=O) groups is 2. The standard InChI is InChI=1S/C26H33N5O4/c1-17(2)29-26(34)30(5)15-23-18(3)14-31(19(4)16-32)25(33)22-12-21(13-28-24(22)35-23)7-6-20-8-10-27-11-9-20/h8-13,17-19,23,32H,14-16H2,1-5H3,(H,29,34)/t18-,19+,23+/m0/s1. The molecule has 3 amide bonds. The summed E-state index contributed by atoms with van der Waals surface area (Å²) in [5.74, 6) is 5.86. The van der Waals surface area contributed by atoms with Crippen molar-refractivity contribution >= 4 is 11.9 Å². The zero-order valence-electron chi connectivity index (χ0n) is 20.9. The molecule has 0 radical (unpaired) electrons. The number of rotatable bonds is 5. The summed E-state index contributed by atoms with van der Waals surface area (Å²) in [4.78, 5) is 37.6. The van der Waals surface area contributed by atoms with Gasteiger partial charge in [0.15, 0.2) is 0 Å². The largest absolute Gasteiger partial charge is 0.472 e. The molecular weight excluding hydrogens is 446 g/mol. The highest BCUT2D eigenvalue weighted by atomic mass is 16.5. The number of likely N-dealkylation sites (N-methyl/N-ethyl adjacent to an activating group) is 1. The predicted molar refractivity (Wildman–Crippen MR) is 132 cm³/mol. The minimum Gasteiger partial charge on any atom is -0.472 e. The smallest absolute Gasteiger partial charge is 0.317 e. The van der Waals surface area contributed by atoms with Crippen molar-refractivity contribution in [2.75, 3.05) is 26.7 Å². The van der Waals surface area contributed by atoms with Crippen LogP contribution in [-0.4, -0.2) is 81.7 Å². The highest BCUT2D eigenvalue weighted by molar-refractivity contribution is 5.97. The van der Waals surface area contributed by atoms with Crippen molar-refractivity contribution in [1.29, 1.82) is 0 Å². The quantitative estimate of drug-likeness (QED) is 0.637. The van der Waals surface area contributed by atoms with Gasteiger partial charge in [0.05, 0.1) is 19.2 Å². The van der Waals surface area contributed by atoms with E-state index in [9.17, 15) is 14.7 Å². The number of nitrogens with zero attached hydrogens (tertiary/aromatic N) is 4. The van der Waals surface area contributed by atoms with Crippen LogP contribution >= 0.6 is 0 Å². The summed E-state index contributed by atoms with van der Waals surface area (Å²) >= 11 is 0. The normalized spacial score (nSPS) is 18.4. The van der Waals surface area contributed by atoms with Crippen LogP contribution in [0.15, 0.2) is 36.8 Å². The number of pyridine rings is 2. The Kier molecular flexibility index (Phi) is 8.66. The lowest BCUT2D eigenvalue weighted by atomic mass is 10.00. The summed E-state index contributed by atoms with van der Waals surface area (Å²) in [5.41, 5.74) is 1.63. The third kappa shape index (κ3) is 6.70. The molecule has 3 heterocycles. The van der Waals surface area contributed by atoms with Gasteiger partial charge in [-0.2, -0.15) is 0 Å². The Labute approximate surface area is 206 Å². The average Bonchev–Trinajstić information content (AvgIpc) is 2.84. The van der Waals surface area contributed by atoms with Crippen LogP contribution in [0.3, 0.4) is 0 Å². The summed E-state index contributed by atoms with van der Waals surface area (Å²) in [6.07, 6.45) is 4.47. The van der Waals surface area contributed by atoms with Gasteiger partial charge in [0.1, 0.15) is 11.7 Å². The van der Waals surface area contributed by atoms with Gasteiger partial charge < -0.3 is 25.0 Å². The Hall–Kier alpha value is -3.64. The molecule has 0 spiro atoms. The van der Waals surface area contributed by atoms with Crippen molar-refractivity contribution in [3.8, 4) is 17.7 Å². The van der Waals surface area contributed by atoms with Crippen molar-refractivity contribution in [3.63, 3.8) is 0 Å². The number of aliphatic hydroxyl groups is 1. The summed E-state index contributed by atoms with van der Waals surface area (Å²) in [5, 5.41) is 12.7. The lowest BCUT2D eigenvalue weighted by Gasteiger charge is -2.37. The highest BCUT2D eigenvalue weighted by Crippen LogP contribution is 2.27. The van der Waals surface area contributed by atoms with E-state index >= 15 is 0 Å². The molecule has 9 nitrogen and oxygen atoms in total. The van der Waals surface area contributed by atoms with Crippen LogP contribution in [0.25, 0.3) is 0 Å². The average molecular weight is 480 g/mol. The van der Waals surface area contributed by atoms with Gasteiger partial charge in [-0.3, -0.25) is 9.78 Å². The summed E-state index contributed by atoms with van der Waals surface area (Å²) in [7, 11) is 1.71. The first kappa shape index (κ1) is 26.0. The number of urea groups is 1. The van der Waals surface area contributed by atoms with Crippen LogP contribution in [0, 0.1) is 17.8 Å². The molecule has 35 heavy (non-hydrogen) atoms. The van der Waals surface area contributed by atoms with E-state index < -0.39 is 12.1 Å². The minimum atomic E-state index is -0.417. The molecule has 3 rings (SSSR count). The van der Waals surface area contributed by atoms with E-state index in [1.807, 2.05) is 20.8 Å². The number of hydrogen-bond acceptors (Lipinski definition) is 6. The molecule has 0 fully saturated rings. The molecule has 0 saturated heterocycles. The van der Waals surface area contributed by atoms with Crippen molar-refractivity contribution in [3.05, 3.63) is 53.5 Å². The number of fused-ring (bicyclic) bond motifs is 1. The second-order valence-electron chi connectivity index (χ2n) is 9.17. The Balaban J connectivity index is 1.95. The van der Waals surface area contributed by atoms with Gasteiger partial charge in [-0.05, 0) is 39.0 Å². The van der Waals surface area contributed by atoms with Gasteiger partial charge in [-0.25, -0.2) is 9.78 Å². The van der Waals surface area contributed by atoms with Crippen molar-refractivity contribution in [1.82, 2.24) is 25.1 Å². The van der Waals surface area contributed by atoms with Gasteiger partial charge in [0.25, 0.3) is 5.91 Å². The number of ether oxygens (including phenoxy) is 1. The van der Waals surface area contributed by atoms with Gasteiger partial charge in [-0.1, -0.05) is 18.8 Å². The van der Waals surface area contributed by atoms with Crippen LogP contribution in [-0.2, 0) is 0 Å². The van der Waals surface area contributed by atoms with Crippen LogP contribution in [0.1, 0.15) is 49.2 Å². The van der Waals surface area contributed by atoms with E-state index in [4.69, 9.17) is 4.74 Å². The SMILES string of the molecule is CC(C)NC(=O)N(C)C[C@H]1Oc2ncc(C#Cc3ccncc3)cc2C(=O)N([C@H](C)CO)C[C@@H]1C. The van der Waals surface area contributed by atoms with E-state index in [2.05, 4.69) is 27.1 Å². The zero-order chi connectivity index (χ0) is 25.5. The van der Waals surface area contributed by atoms with Crippen LogP contribution in [0.2, 0.25) is 0 Å². The third-order valence-corrected chi connectivity index (χ3v) is 5.77. The fourth-order valence-electron chi connectivity index (χ4n) is 3.68. The maximum absolute atomic E-state index is 13.5. The van der Waals surface area contributed by atoms with Gasteiger partial charge in [0, 0.05) is 55.3 Å². The molecule has 0 aromatic carbocycles. The van der Waals surface area contributed by atoms with Crippen molar-refractivity contribution in [2.45, 2.75) is 45.9 Å². The van der Waals surface area contributed by atoms with Crippen LogP contribution < -0.4 is 10.1 Å². The third-order valence-electron chi connectivity index (χ3n) is 5.77. The first-order chi connectivity index (χ1) is 16.7. The van der Waals surface area contributed by atoms with E-state index in [0.717, 1.165) is 5.56 Å². The van der Waals surface area contributed by atoms with E-state index in [-0.39, 0.29) is 41.9 Å². The second-order valence-corrected chi connectivity index (χ2v) is 9.17. The van der Waals surface area contributed by atoms with Gasteiger partial charge >= 0.3 is 6.03 Å². The molecule has 0 bridgehead atoms. The molecule has 2 aromatic rings. The zero-order valence-corrected chi connectivity index (χ0v) is 20.9. The number of aromatic nitrogens is 2. The first-order valence-electron chi connectivity index (χ1n) is 11.7. The Morgan fingerprint density at radius 2 is 1.97 bits per heavy atom. The van der Waals surface area contributed by atoms with E-state index in [0.29, 0.717) is 18.7 Å². The molecule has 1 aliphatic rings. The molecule has 2 aromatic heterocycles. The minimum absolute atomic E-state index is 0.00761. The van der Waals surface area contributed by atoms with Crippen LogP contribution in [0.4, 0.5) is 4.79 Å². The molecule has 0 unspecified atom stereocenters. The van der Waals surface area contributed by atoms with Crippen molar-refractivity contribution < 1.29 is 19.4 Å². The molecule has 3 atom stereocenters. The molecule has 2 N–H and O–H groups in total. The molecule has 0 aliphatic carbocycles. The Bertz CT molecular complexity index is 1100. The maximum atomic E-state index is 13.5. The topological polar surface area (TPSA) is 108 Å². The maximum Gasteiger partial charge on any atom is 0.317 e. The molecule has 9 heteroatoms. The highest BCUT2D eigenvalue weighted by Gasteiger charge is 2.34. The fourth-order valence-corrected chi connectivity index (χ4v) is 3.68. The van der Waals surface area contributed by atoms with E-state index in [1.165, 1.54) is 0 Å². The van der Waals surface area contributed by atoms with Crippen molar-refractivity contribution in [2.24, 2.45) is 5.92 Å². The molecule has 186 valence electrons. The Morgan fingerprint density at radius 3 is 2.63 bits per heavy atom. The van der Waals surface area contributed by atoms with Crippen LogP contribution in [0.5, 0.6) is 5.88 Å². The van der Waals surface area contributed by atoms with E-state index in [1.54, 1.807) is 60.6 Å². The fraction of sp³-hybridized carbons (Fsp3) is 0.462. The Morgan fingerprint density at radius 1 is 1.29 bits per heavy atom. The molecule has 0 saturated carbocycles. The number of aliphatic hydroxyl groups excluding tert-OH is 1. The molecular formula is C26H33N5O4. The summed E-state index contributed by atoms with van der Waals surface area (Å²) < 4.78 is 6.23. The monoisotopic (exact) mass is 479 g/mol. The lowest BCUT2D eigenvalue weighted by Crippen LogP contribution is -2.51. The number of hydrogen-bond donors (Lipinski definition) is 2. The summed E-state index contributed by atoms with van der Waals surface area (Å²) in [6, 6.07) is 4.66. The number of carbonyl (C=O) groups excluding carboxylic acids is 2. The second kappa shape index (κ2) is 11.7. The number of amides is 3. The predicted octanol–water partition coefficient (Wildman–Crippen LogP) is 2.15. The first-order valence-corrected chi connectivity index (χ1v) is 11.7. The summed E-state index contributed by atoms with van der Waals surface area (Å²) in [6.45, 7) is 8.04. The van der Waals surface area contributed by atoms with Gasteiger partial charge in [0.2, 0.25) is 5.88 Å². The van der Waals surface area contributed by atoms with Gasteiger partial charge in [-0.15, -0.1) is 0 Å². The molecule has 1 aliphatic heterocycles.